The van der Waals surface area contributed by atoms with Crippen LogP contribution >= 0.6 is 11.3 Å². The highest BCUT2D eigenvalue weighted by atomic mass is 32.1. The molecule has 0 unspecified atom stereocenters. The van der Waals surface area contributed by atoms with Crippen molar-refractivity contribution in [1.82, 2.24) is 4.98 Å². The van der Waals surface area contributed by atoms with Gasteiger partial charge in [0.1, 0.15) is 5.60 Å². The van der Waals surface area contributed by atoms with Crippen LogP contribution in [0.4, 0.5) is 13.2 Å². The second kappa shape index (κ2) is 6.00. The minimum atomic E-state index is -4.52. The number of carbonyl (C=O) groups excluding carboxylic acids is 1. The molecule has 0 fully saturated rings. The van der Waals surface area contributed by atoms with Gasteiger partial charge in [0, 0.05) is 12.8 Å². The molecule has 1 aromatic heterocycles. The second-order valence-corrected chi connectivity index (χ2v) is 5.02. The fourth-order valence-electron chi connectivity index (χ4n) is 1.85. The van der Waals surface area contributed by atoms with Crippen molar-refractivity contribution in [3.8, 4) is 0 Å². The molecule has 0 saturated heterocycles. The lowest BCUT2D eigenvalue weighted by Gasteiger charge is -2.29. The van der Waals surface area contributed by atoms with Crippen molar-refractivity contribution in [2.24, 2.45) is 0 Å². The molecule has 0 aliphatic heterocycles. The van der Waals surface area contributed by atoms with Crippen molar-refractivity contribution in [3.63, 3.8) is 0 Å². The summed E-state index contributed by atoms with van der Waals surface area (Å²) in [6.07, 6.45) is -2.71. The first-order valence-electron chi connectivity index (χ1n) is 6.02. The van der Waals surface area contributed by atoms with Gasteiger partial charge >= 0.3 is 6.18 Å². The predicted molar refractivity (Wildman–Crippen MR) is 66.4 cm³/mol. The second-order valence-electron chi connectivity index (χ2n) is 3.99. The topological polar surface area (TPSA) is 39.2 Å². The van der Waals surface area contributed by atoms with Crippen LogP contribution in [0.3, 0.4) is 0 Å². The Morgan fingerprint density at radius 3 is 2.26 bits per heavy atom. The van der Waals surface area contributed by atoms with E-state index in [9.17, 15) is 18.0 Å². The average Bonchev–Trinajstić information content (AvgIpc) is 2.84. The van der Waals surface area contributed by atoms with E-state index >= 15 is 0 Å². The normalized spacial score (nSPS) is 12.7. The van der Waals surface area contributed by atoms with E-state index in [2.05, 4.69) is 4.98 Å². The number of rotatable bonds is 6. The van der Waals surface area contributed by atoms with Crippen molar-refractivity contribution in [1.29, 1.82) is 0 Å². The number of ether oxygens (including phenoxy) is 1. The van der Waals surface area contributed by atoms with Crippen molar-refractivity contribution < 1.29 is 22.7 Å². The maximum Gasteiger partial charge on any atom is 0.443 e. The van der Waals surface area contributed by atoms with Gasteiger partial charge in [0.15, 0.2) is 5.01 Å². The first-order chi connectivity index (χ1) is 8.80. The van der Waals surface area contributed by atoms with Crippen LogP contribution in [0.2, 0.25) is 0 Å². The van der Waals surface area contributed by atoms with E-state index < -0.39 is 22.6 Å². The van der Waals surface area contributed by atoms with Gasteiger partial charge in [-0.2, -0.15) is 13.2 Å². The van der Waals surface area contributed by atoms with E-state index in [1.807, 2.05) is 0 Å². The summed E-state index contributed by atoms with van der Waals surface area (Å²) in [7, 11) is 0. The summed E-state index contributed by atoms with van der Waals surface area (Å²) in [5, 5.41) is -1.01. The molecular formula is C12H16F3NO2S. The number of aromatic nitrogens is 1. The predicted octanol–water partition coefficient (Wildman–Crippen LogP) is 3.94. The van der Waals surface area contributed by atoms with Crippen molar-refractivity contribution >= 4 is 17.1 Å². The quantitative estimate of drug-likeness (QED) is 0.746. The summed E-state index contributed by atoms with van der Waals surface area (Å²) in [6, 6.07) is 0. The molecule has 0 amide bonds. The summed E-state index contributed by atoms with van der Waals surface area (Å²) in [5.41, 5.74) is -1.05. The number of nitrogens with zero attached hydrogens (tertiary/aromatic N) is 1. The highest BCUT2D eigenvalue weighted by Gasteiger charge is 2.40. The molecule has 0 atom stereocenters. The Kier molecular flexibility index (Phi) is 5.09. The van der Waals surface area contributed by atoms with Gasteiger partial charge in [0.05, 0.1) is 4.88 Å². The molecule has 19 heavy (non-hydrogen) atoms. The molecule has 108 valence electrons. The Labute approximate surface area is 113 Å². The SMILES string of the molecule is CCOC(CC)(CC)C(=O)c1cnc(C(F)(F)F)s1. The largest absolute Gasteiger partial charge is 0.443 e. The molecule has 0 radical (unpaired) electrons. The molecule has 0 aliphatic carbocycles. The fourth-order valence-corrected chi connectivity index (χ4v) is 2.67. The van der Waals surface area contributed by atoms with Gasteiger partial charge in [0.2, 0.25) is 5.78 Å². The Bertz CT molecular complexity index is 438. The fraction of sp³-hybridized carbons (Fsp3) is 0.667. The molecular weight excluding hydrogens is 279 g/mol. The molecule has 1 rings (SSSR count). The summed E-state index contributed by atoms with van der Waals surface area (Å²) in [4.78, 5) is 15.6. The highest BCUT2D eigenvalue weighted by Crippen LogP contribution is 2.35. The molecule has 0 aromatic carbocycles. The van der Waals surface area contributed by atoms with Crippen LogP contribution < -0.4 is 0 Å². The summed E-state index contributed by atoms with van der Waals surface area (Å²) in [6.45, 7) is 5.64. The summed E-state index contributed by atoms with van der Waals surface area (Å²) >= 11 is 0.366. The molecule has 1 aromatic rings. The standard InChI is InChI=1S/C12H16F3NO2S/c1-4-11(5-2,18-6-3)9(17)8-7-16-10(19-8)12(13,14)15/h7H,4-6H2,1-3H3. The lowest BCUT2D eigenvalue weighted by Crippen LogP contribution is -2.40. The zero-order valence-electron chi connectivity index (χ0n) is 11.0. The van der Waals surface area contributed by atoms with E-state index in [4.69, 9.17) is 4.74 Å². The Hall–Kier alpha value is -0.950. The van der Waals surface area contributed by atoms with Crippen LogP contribution in [0.25, 0.3) is 0 Å². The number of hydrogen-bond donors (Lipinski definition) is 0. The van der Waals surface area contributed by atoms with Gasteiger partial charge in [0.25, 0.3) is 0 Å². The minimum Gasteiger partial charge on any atom is -0.367 e. The minimum absolute atomic E-state index is 0.00975. The van der Waals surface area contributed by atoms with Gasteiger partial charge in [-0.15, -0.1) is 11.3 Å². The highest BCUT2D eigenvalue weighted by molar-refractivity contribution is 7.13. The Balaban J connectivity index is 3.07. The maximum atomic E-state index is 12.5. The van der Waals surface area contributed by atoms with E-state index in [0.717, 1.165) is 6.20 Å². The first kappa shape index (κ1) is 16.1. The molecule has 3 nitrogen and oxygen atoms in total. The van der Waals surface area contributed by atoms with Gasteiger partial charge in [-0.3, -0.25) is 4.79 Å². The number of halogens is 3. The van der Waals surface area contributed by atoms with Crippen LogP contribution in [-0.4, -0.2) is 23.0 Å². The van der Waals surface area contributed by atoms with Crippen molar-refractivity contribution in [2.75, 3.05) is 6.61 Å². The number of alkyl halides is 3. The van der Waals surface area contributed by atoms with Crippen molar-refractivity contribution in [2.45, 2.75) is 45.4 Å². The molecule has 0 N–H and O–H groups in total. The Morgan fingerprint density at radius 2 is 1.89 bits per heavy atom. The zero-order valence-corrected chi connectivity index (χ0v) is 11.8. The molecule has 0 spiro atoms. The maximum absolute atomic E-state index is 12.5. The van der Waals surface area contributed by atoms with Crippen LogP contribution in [0.5, 0.6) is 0 Å². The van der Waals surface area contributed by atoms with Crippen LogP contribution in [0.1, 0.15) is 48.3 Å². The zero-order chi connectivity index (χ0) is 14.7. The third-order valence-corrected chi connectivity index (χ3v) is 3.99. The van der Waals surface area contributed by atoms with Crippen LogP contribution in [-0.2, 0) is 10.9 Å². The van der Waals surface area contributed by atoms with Gasteiger partial charge in [-0.25, -0.2) is 4.98 Å². The van der Waals surface area contributed by atoms with Gasteiger partial charge in [-0.05, 0) is 19.8 Å². The third-order valence-electron chi connectivity index (χ3n) is 2.95. The molecule has 1 heterocycles. The van der Waals surface area contributed by atoms with E-state index in [1.54, 1.807) is 20.8 Å². The Morgan fingerprint density at radius 1 is 1.32 bits per heavy atom. The number of Topliss-reactive ketones (excluding diaryl/α,β-unsaturated/α-hetero) is 1. The smallest absolute Gasteiger partial charge is 0.367 e. The molecule has 0 bridgehead atoms. The molecule has 7 heteroatoms. The lowest BCUT2D eigenvalue weighted by atomic mass is 9.91. The lowest BCUT2D eigenvalue weighted by molar-refractivity contribution is -0.137. The molecule has 0 aliphatic rings. The van der Waals surface area contributed by atoms with E-state index in [0.29, 0.717) is 30.8 Å². The van der Waals surface area contributed by atoms with E-state index in [1.165, 1.54) is 0 Å². The summed E-state index contributed by atoms with van der Waals surface area (Å²) in [5.74, 6) is -0.424. The number of carbonyl (C=O) groups is 1. The average molecular weight is 295 g/mol. The first-order valence-corrected chi connectivity index (χ1v) is 6.84. The monoisotopic (exact) mass is 295 g/mol. The van der Waals surface area contributed by atoms with Gasteiger partial charge in [-0.1, -0.05) is 13.8 Å². The van der Waals surface area contributed by atoms with E-state index in [-0.39, 0.29) is 4.88 Å². The van der Waals surface area contributed by atoms with Crippen molar-refractivity contribution in [3.05, 3.63) is 16.1 Å². The number of hydrogen-bond acceptors (Lipinski definition) is 4. The number of ketones is 1. The number of thiazole rings is 1. The van der Waals surface area contributed by atoms with Gasteiger partial charge < -0.3 is 4.74 Å². The van der Waals surface area contributed by atoms with Crippen LogP contribution in [0.15, 0.2) is 6.20 Å². The summed E-state index contributed by atoms with van der Waals surface area (Å²) < 4.78 is 42.9. The molecule has 0 saturated carbocycles. The third kappa shape index (κ3) is 3.33. The van der Waals surface area contributed by atoms with Crippen LogP contribution in [0, 0.1) is 0 Å².